The van der Waals surface area contributed by atoms with E-state index in [1.54, 1.807) is 0 Å². The SMILES string of the molecule is CCOc1cc(CC2CCCNC2)ccc1NC(=O)CC(C)C. The molecular formula is C19H30N2O2. The predicted molar refractivity (Wildman–Crippen MR) is 95.0 cm³/mol. The fourth-order valence-electron chi connectivity index (χ4n) is 3.08. The van der Waals surface area contributed by atoms with Crippen LogP contribution in [0.3, 0.4) is 0 Å². The Kier molecular flexibility index (Phi) is 6.90. The van der Waals surface area contributed by atoms with Crippen molar-refractivity contribution in [3.63, 3.8) is 0 Å². The van der Waals surface area contributed by atoms with E-state index in [9.17, 15) is 4.79 Å². The Morgan fingerprint density at radius 2 is 2.26 bits per heavy atom. The number of hydrogen-bond donors (Lipinski definition) is 2. The maximum atomic E-state index is 12.0. The fourth-order valence-corrected chi connectivity index (χ4v) is 3.08. The van der Waals surface area contributed by atoms with E-state index in [-0.39, 0.29) is 5.91 Å². The third kappa shape index (κ3) is 5.87. The molecule has 1 fully saturated rings. The quantitative estimate of drug-likeness (QED) is 0.807. The van der Waals surface area contributed by atoms with Crippen molar-refractivity contribution in [2.24, 2.45) is 11.8 Å². The minimum absolute atomic E-state index is 0.0465. The van der Waals surface area contributed by atoms with Crippen LogP contribution in [0, 0.1) is 11.8 Å². The number of amides is 1. The highest BCUT2D eigenvalue weighted by molar-refractivity contribution is 5.92. The van der Waals surface area contributed by atoms with Crippen molar-refractivity contribution < 1.29 is 9.53 Å². The summed E-state index contributed by atoms with van der Waals surface area (Å²) in [4.78, 5) is 12.0. The molecule has 0 aromatic heterocycles. The molecular weight excluding hydrogens is 288 g/mol. The second-order valence-corrected chi connectivity index (χ2v) is 6.83. The van der Waals surface area contributed by atoms with Gasteiger partial charge in [-0.1, -0.05) is 19.9 Å². The van der Waals surface area contributed by atoms with Crippen molar-refractivity contribution in [2.45, 2.75) is 46.5 Å². The first kappa shape index (κ1) is 17.8. The molecule has 128 valence electrons. The lowest BCUT2D eigenvalue weighted by molar-refractivity contribution is -0.116. The molecule has 1 unspecified atom stereocenters. The summed E-state index contributed by atoms with van der Waals surface area (Å²) in [6.45, 7) is 8.89. The number of carbonyl (C=O) groups excluding carboxylic acids is 1. The molecule has 0 aliphatic carbocycles. The summed E-state index contributed by atoms with van der Waals surface area (Å²) in [5.41, 5.74) is 2.06. The molecule has 1 aliphatic rings. The number of ether oxygens (including phenoxy) is 1. The van der Waals surface area contributed by atoms with Crippen LogP contribution in [0.4, 0.5) is 5.69 Å². The largest absolute Gasteiger partial charge is 0.492 e. The molecule has 1 aromatic rings. The van der Waals surface area contributed by atoms with E-state index in [4.69, 9.17) is 4.74 Å². The van der Waals surface area contributed by atoms with Gasteiger partial charge in [-0.3, -0.25) is 4.79 Å². The van der Waals surface area contributed by atoms with Crippen molar-refractivity contribution in [3.05, 3.63) is 23.8 Å². The number of hydrogen-bond acceptors (Lipinski definition) is 3. The van der Waals surface area contributed by atoms with Gasteiger partial charge in [0.15, 0.2) is 0 Å². The van der Waals surface area contributed by atoms with Crippen molar-refractivity contribution in [3.8, 4) is 5.75 Å². The summed E-state index contributed by atoms with van der Waals surface area (Å²) in [6, 6.07) is 6.18. The van der Waals surface area contributed by atoms with Crippen molar-refractivity contribution in [2.75, 3.05) is 25.0 Å². The van der Waals surface area contributed by atoms with Crippen molar-refractivity contribution in [1.29, 1.82) is 0 Å². The van der Waals surface area contributed by atoms with Crippen LogP contribution in [-0.2, 0) is 11.2 Å². The van der Waals surface area contributed by atoms with Gasteiger partial charge >= 0.3 is 0 Å². The zero-order chi connectivity index (χ0) is 16.7. The Morgan fingerprint density at radius 1 is 1.43 bits per heavy atom. The van der Waals surface area contributed by atoms with E-state index in [2.05, 4.69) is 22.8 Å². The number of piperidine rings is 1. The standard InChI is InChI=1S/C19H30N2O2/c1-4-23-18-12-15(11-16-6-5-9-20-13-16)7-8-17(18)21-19(22)10-14(2)3/h7-8,12,14,16,20H,4-6,9-11,13H2,1-3H3,(H,21,22). The second kappa shape index (κ2) is 8.92. The van der Waals surface area contributed by atoms with Crippen LogP contribution in [-0.4, -0.2) is 25.6 Å². The van der Waals surface area contributed by atoms with Crippen LogP contribution in [0.1, 0.15) is 45.6 Å². The van der Waals surface area contributed by atoms with Gasteiger partial charge in [-0.2, -0.15) is 0 Å². The molecule has 0 bridgehead atoms. The van der Waals surface area contributed by atoms with Gasteiger partial charge in [-0.15, -0.1) is 0 Å². The zero-order valence-electron chi connectivity index (χ0n) is 14.7. The van der Waals surface area contributed by atoms with Gasteiger partial charge in [-0.05, 0) is 68.8 Å². The average Bonchev–Trinajstić information content (AvgIpc) is 2.50. The molecule has 0 spiro atoms. The van der Waals surface area contributed by atoms with Crippen molar-refractivity contribution >= 4 is 11.6 Å². The minimum atomic E-state index is 0.0465. The normalized spacial score (nSPS) is 18.0. The van der Waals surface area contributed by atoms with Crippen LogP contribution < -0.4 is 15.4 Å². The van der Waals surface area contributed by atoms with Gasteiger partial charge in [0, 0.05) is 6.42 Å². The minimum Gasteiger partial charge on any atom is -0.492 e. The second-order valence-electron chi connectivity index (χ2n) is 6.83. The fraction of sp³-hybridized carbons (Fsp3) is 0.632. The number of anilines is 1. The van der Waals surface area contributed by atoms with E-state index < -0.39 is 0 Å². The zero-order valence-corrected chi connectivity index (χ0v) is 14.7. The summed E-state index contributed by atoms with van der Waals surface area (Å²) in [7, 11) is 0. The number of rotatable bonds is 7. The Hall–Kier alpha value is -1.55. The number of benzene rings is 1. The lowest BCUT2D eigenvalue weighted by Gasteiger charge is -2.23. The Balaban J connectivity index is 2.05. The van der Waals surface area contributed by atoms with E-state index >= 15 is 0 Å². The molecule has 4 nitrogen and oxygen atoms in total. The van der Waals surface area contributed by atoms with Gasteiger partial charge in [0.25, 0.3) is 0 Å². The third-order valence-electron chi connectivity index (χ3n) is 4.14. The first-order chi connectivity index (χ1) is 11.1. The molecule has 2 N–H and O–H groups in total. The molecule has 4 heteroatoms. The van der Waals surface area contributed by atoms with E-state index in [1.165, 1.54) is 18.4 Å². The molecule has 1 aliphatic heterocycles. The smallest absolute Gasteiger partial charge is 0.224 e. The topological polar surface area (TPSA) is 50.4 Å². The van der Waals surface area contributed by atoms with Gasteiger partial charge in [0.1, 0.15) is 5.75 Å². The highest BCUT2D eigenvalue weighted by Gasteiger charge is 2.15. The van der Waals surface area contributed by atoms with Crippen LogP contribution in [0.5, 0.6) is 5.75 Å². The van der Waals surface area contributed by atoms with E-state index in [1.807, 2.05) is 26.8 Å². The van der Waals surface area contributed by atoms with Crippen LogP contribution >= 0.6 is 0 Å². The predicted octanol–water partition coefficient (Wildman–Crippen LogP) is 3.61. The molecule has 1 heterocycles. The molecule has 1 amide bonds. The highest BCUT2D eigenvalue weighted by atomic mass is 16.5. The molecule has 1 atom stereocenters. The van der Waals surface area contributed by atoms with Crippen LogP contribution in [0.25, 0.3) is 0 Å². The first-order valence-electron chi connectivity index (χ1n) is 8.84. The summed E-state index contributed by atoms with van der Waals surface area (Å²) >= 11 is 0. The van der Waals surface area contributed by atoms with Crippen molar-refractivity contribution in [1.82, 2.24) is 5.32 Å². The lowest BCUT2D eigenvalue weighted by atomic mass is 9.92. The van der Waals surface area contributed by atoms with Gasteiger partial charge in [0.05, 0.1) is 12.3 Å². The number of nitrogens with one attached hydrogen (secondary N) is 2. The highest BCUT2D eigenvalue weighted by Crippen LogP contribution is 2.28. The third-order valence-corrected chi connectivity index (χ3v) is 4.14. The van der Waals surface area contributed by atoms with E-state index in [0.717, 1.165) is 30.9 Å². The molecule has 0 radical (unpaired) electrons. The summed E-state index contributed by atoms with van der Waals surface area (Å²) in [6.07, 6.45) is 4.13. The summed E-state index contributed by atoms with van der Waals surface area (Å²) < 4.78 is 5.74. The number of carbonyl (C=O) groups is 1. The van der Waals surface area contributed by atoms with Crippen LogP contribution in [0.2, 0.25) is 0 Å². The Bertz CT molecular complexity index is 508. The Labute approximate surface area is 140 Å². The lowest BCUT2D eigenvalue weighted by Crippen LogP contribution is -2.30. The Morgan fingerprint density at radius 3 is 2.91 bits per heavy atom. The first-order valence-corrected chi connectivity index (χ1v) is 8.84. The molecule has 1 saturated heterocycles. The summed E-state index contributed by atoms with van der Waals surface area (Å²) in [5, 5.41) is 6.44. The van der Waals surface area contributed by atoms with Crippen LogP contribution in [0.15, 0.2) is 18.2 Å². The van der Waals surface area contributed by atoms with Gasteiger partial charge in [-0.25, -0.2) is 0 Å². The molecule has 1 aromatic carbocycles. The monoisotopic (exact) mass is 318 g/mol. The summed E-state index contributed by atoms with van der Waals surface area (Å²) in [5.74, 6) is 1.87. The molecule has 2 rings (SSSR count). The maximum absolute atomic E-state index is 12.0. The maximum Gasteiger partial charge on any atom is 0.224 e. The molecule has 0 saturated carbocycles. The van der Waals surface area contributed by atoms with Gasteiger partial charge in [0.2, 0.25) is 5.91 Å². The van der Waals surface area contributed by atoms with Gasteiger partial charge < -0.3 is 15.4 Å². The average molecular weight is 318 g/mol. The van der Waals surface area contributed by atoms with E-state index in [0.29, 0.717) is 24.9 Å². The molecule has 23 heavy (non-hydrogen) atoms.